The van der Waals surface area contributed by atoms with Gasteiger partial charge in [0.05, 0.1) is 11.7 Å². The lowest BCUT2D eigenvalue weighted by Crippen LogP contribution is -2.44. The number of ether oxygens (including phenoxy) is 2. The van der Waals surface area contributed by atoms with E-state index in [1.54, 1.807) is 44.2 Å². The summed E-state index contributed by atoms with van der Waals surface area (Å²) in [4.78, 5) is 26.4. The Hall–Kier alpha value is -2.12. The number of methoxy groups -OCH3 is 1. The number of fused-ring (bicyclic) bond motifs is 1. The van der Waals surface area contributed by atoms with Crippen LogP contribution in [0.2, 0.25) is 0 Å². The number of nitrogens with zero attached hydrogens (tertiary/aromatic N) is 1. The second-order valence-electron chi connectivity index (χ2n) is 7.17. The molecule has 1 aliphatic rings. The molecule has 7 nitrogen and oxygen atoms in total. The first-order chi connectivity index (χ1) is 12.8. The second kappa shape index (κ2) is 9.71. The number of hydrogen-bond donors (Lipinski definition) is 2. The number of carbonyl (C=O) groups is 2. The lowest BCUT2D eigenvalue weighted by molar-refractivity contribution is -0.115. The van der Waals surface area contributed by atoms with Crippen LogP contribution >= 0.6 is 0 Å². The number of hydrogen-bond acceptors (Lipinski definition) is 5. The molecule has 0 radical (unpaired) electrons. The smallest absolute Gasteiger partial charge is 0.257 e. The molecule has 2 N–H and O–H groups in total. The molecular formula is C20H31N3O4. The zero-order valence-corrected chi connectivity index (χ0v) is 16.9. The van der Waals surface area contributed by atoms with Gasteiger partial charge in [-0.2, -0.15) is 0 Å². The number of anilines is 1. The summed E-state index contributed by atoms with van der Waals surface area (Å²) in [6, 6.07) is 5.30. The summed E-state index contributed by atoms with van der Waals surface area (Å²) in [6.45, 7) is 7.62. The van der Waals surface area contributed by atoms with Gasteiger partial charge >= 0.3 is 0 Å². The Bertz CT molecular complexity index is 665. The summed E-state index contributed by atoms with van der Waals surface area (Å²) in [6.07, 6.45) is 0.295. The minimum atomic E-state index is -0.159. The molecule has 1 aromatic rings. The molecule has 0 bridgehead atoms. The maximum atomic E-state index is 13.1. The Labute approximate surface area is 161 Å². The Balaban J connectivity index is 2.35. The average Bonchev–Trinajstić information content (AvgIpc) is 2.67. The highest BCUT2D eigenvalue weighted by Gasteiger charge is 2.25. The van der Waals surface area contributed by atoms with Crippen LogP contribution in [0.3, 0.4) is 0 Å². The fraction of sp³-hybridized carbons (Fsp3) is 0.600. The minimum absolute atomic E-state index is 0.0783. The standard InChI is InChI=1S/C20H31N3O4/c1-6-19(24)22-15-7-8-17-16(9-15)20(25)23(4)11-18(26-5)13(2)10-21-14(3)12-27-17/h7-9,13-14,18,21H,6,10-12H2,1-5H3,(H,22,24)/t13-,14-,18-/m0/s1. The normalized spacial score (nSPS) is 24.3. The van der Waals surface area contributed by atoms with E-state index in [1.807, 2.05) is 6.92 Å². The Kier molecular flexibility index (Phi) is 7.62. The highest BCUT2D eigenvalue weighted by atomic mass is 16.5. The fourth-order valence-corrected chi connectivity index (χ4v) is 2.99. The average molecular weight is 377 g/mol. The van der Waals surface area contributed by atoms with Crippen molar-refractivity contribution in [1.29, 1.82) is 0 Å². The lowest BCUT2D eigenvalue weighted by atomic mass is 10.0. The van der Waals surface area contributed by atoms with Crippen molar-refractivity contribution in [3.8, 4) is 5.75 Å². The summed E-state index contributed by atoms with van der Waals surface area (Å²) in [5, 5.41) is 6.25. The molecule has 0 spiro atoms. The van der Waals surface area contributed by atoms with Gasteiger partial charge in [0, 0.05) is 45.4 Å². The number of rotatable bonds is 3. The van der Waals surface area contributed by atoms with E-state index in [0.29, 0.717) is 36.6 Å². The topological polar surface area (TPSA) is 79.9 Å². The molecule has 1 heterocycles. The van der Waals surface area contributed by atoms with Crippen LogP contribution < -0.4 is 15.4 Å². The first-order valence-electron chi connectivity index (χ1n) is 9.44. The molecule has 0 unspecified atom stereocenters. The molecule has 1 aliphatic heterocycles. The molecule has 1 aromatic carbocycles. The monoisotopic (exact) mass is 377 g/mol. The van der Waals surface area contributed by atoms with Gasteiger partial charge in [-0.3, -0.25) is 9.59 Å². The van der Waals surface area contributed by atoms with Crippen LogP contribution in [0.5, 0.6) is 5.75 Å². The molecule has 2 rings (SSSR count). The van der Waals surface area contributed by atoms with Crippen molar-refractivity contribution in [3.63, 3.8) is 0 Å². The second-order valence-corrected chi connectivity index (χ2v) is 7.17. The molecule has 7 heteroatoms. The number of amides is 2. The van der Waals surface area contributed by atoms with Crippen LogP contribution in [-0.2, 0) is 9.53 Å². The molecule has 0 fully saturated rings. The molecule has 3 atom stereocenters. The molecule has 0 aromatic heterocycles. The maximum Gasteiger partial charge on any atom is 0.257 e. The third-order valence-corrected chi connectivity index (χ3v) is 4.83. The van der Waals surface area contributed by atoms with Gasteiger partial charge in [0.25, 0.3) is 5.91 Å². The van der Waals surface area contributed by atoms with E-state index >= 15 is 0 Å². The number of carbonyl (C=O) groups excluding carboxylic acids is 2. The van der Waals surface area contributed by atoms with E-state index in [1.165, 1.54) is 0 Å². The van der Waals surface area contributed by atoms with Crippen molar-refractivity contribution in [1.82, 2.24) is 10.2 Å². The largest absolute Gasteiger partial charge is 0.491 e. The molecule has 0 saturated carbocycles. The maximum absolute atomic E-state index is 13.1. The van der Waals surface area contributed by atoms with Crippen molar-refractivity contribution in [3.05, 3.63) is 23.8 Å². The van der Waals surface area contributed by atoms with E-state index in [0.717, 1.165) is 6.54 Å². The number of likely N-dealkylation sites (N-methyl/N-ethyl adjacent to an activating group) is 1. The SMILES string of the molecule is CCC(=O)Nc1ccc2c(c1)C(=O)N(C)C[C@H](OC)[C@@H](C)CN[C@@H](C)CO2. The van der Waals surface area contributed by atoms with Crippen LogP contribution in [0.4, 0.5) is 5.69 Å². The highest BCUT2D eigenvalue weighted by molar-refractivity contribution is 5.99. The Morgan fingerprint density at radius 3 is 2.81 bits per heavy atom. The summed E-state index contributed by atoms with van der Waals surface area (Å²) in [7, 11) is 3.42. The number of nitrogens with one attached hydrogen (secondary N) is 2. The van der Waals surface area contributed by atoms with Crippen LogP contribution in [-0.4, -0.2) is 62.7 Å². The lowest BCUT2D eigenvalue weighted by Gasteiger charge is -2.30. The molecule has 2 amide bonds. The van der Waals surface area contributed by atoms with Crippen LogP contribution in [0.25, 0.3) is 0 Å². The van der Waals surface area contributed by atoms with E-state index in [4.69, 9.17) is 9.47 Å². The van der Waals surface area contributed by atoms with Crippen molar-refractivity contribution in [2.24, 2.45) is 5.92 Å². The molecular weight excluding hydrogens is 346 g/mol. The predicted octanol–water partition coefficient (Wildman–Crippen LogP) is 2.13. The zero-order valence-electron chi connectivity index (χ0n) is 16.9. The van der Waals surface area contributed by atoms with Crippen LogP contribution in [0.1, 0.15) is 37.6 Å². The summed E-state index contributed by atoms with van der Waals surface area (Å²) >= 11 is 0. The predicted molar refractivity (Wildman–Crippen MR) is 105 cm³/mol. The van der Waals surface area contributed by atoms with Crippen LogP contribution in [0.15, 0.2) is 18.2 Å². The summed E-state index contributed by atoms with van der Waals surface area (Å²) < 4.78 is 11.5. The van der Waals surface area contributed by atoms with Crippen molar-refractivity contribution < 1.29 is 19.1 Å². The van der Waals surface area contributed by atoms with Crippen LogP contribution in [0, 0.1) is 5.92 Å². The van der Waals surface area contributed by atoms with Gasteiger partial charge in [-0.05, 0) is 31.0 Å². The fourth-order valence-electron chi connectivity index (χ4n) is 2.99. The van der Waals surface area contributed by atoms with Gasteiger partial charge in [0.1, 0.15) is 12.4 Å². The molecule has 27 heavy (non-hydrogen) atoms. The quantitative estimate of drug-likeness (QED) is 0.844. The van der Waals surface area contributed by atoms with Crippen molar-refractivity contribution >= 4 is 17.5 Å². The Morgan fingerprint density at radius 1 is 1.41 bits per heavy atom. The molecule has 150 valence electrons. The third-order valence-electron chi connectivity index (χ3n) is 4.83. The van der Waals surface area contributed by atoms with Gasteiger partial charge in [-0.15, -0.1) is 0 Å². The van der Waals surface area contributed by atoms with Gasteiger partial charge < -0.3 is 25.0 Å². The Morgan fingerprint density at radius 2 is 2.15 bits per heavy atom. The third kappa shape index (κ3) is 5.68. The highest BCUT2D eigenvalue weighted by Crippen LogP contribution is 2.25. The van der Waals surface area contributed by atoms with E-state index in [2.05, 4.69) is 17.6 Å². The summed E-state index contributed by atoms with van der Waals surface area (Å²) in [5.74, 6) is 0.489. The first kappa shape index (κ1) is 21.2. The first-order valence-corrected chi connectivity index (χ1v) is 9.44. The zero-order chi connectivity index (χ0) is 20.0. The van der Waals surface area contributed by atoms with Crippen molar-refractivity contribution in [2.45, 2.75) is 39.3 Å². The van der Waals surface area contributed by atoms with Gasteiger partial charge in [-0.25, -0.2) is 0 Å². The van der Waals surface area contributed by atoms with Gasteiger partial charge in [0.2, 0.25) is 5.91 Å². The van der Waals surface area contributed by atoms with E-state index in [-0.39, 0.29) is 29.9 Å². The van der Waals surface area contributed by atoms with Gasteiger partial charge in [-0.1, -0.05) is 13.8 Å². The van der Waals surface area contributed by atoms with Gasteiger partial charge in [0.15, 0.2) is 0 Å². The molecule has 0 aliphatic carbocycles. The summed E-state index contributed by atoms with van der Waals surface area (Å²) in [5.41, 5.74) is 1.02. The molecule has 0 saturated heterocycles. The van der Waals surface area contributed by atoms with E-state index in [9.17, 15) is 9.59 Å². The number of benzene rings is 1. The minimum Gasteiger partial charge on any atom is -0.491 e. The van der Waals surface area contributed by atoms with E-state index < -0.39 is 0 Å². The van der Waals surface area contributed by atoms with Crippen molar-refractivity contribution in [2.75, 3.05) is 39.2 Å².